The van der Waals surface area contributed by atoms with Gasteiger partial charge in [-0.05, 0) is 36.9 Å². The predicted octanol–water partition coefficient (Wildman–Crippen LogP) is 1.74. The second-order valence-electron chi connectivity index (χ2n) is 5.47. The third-order valence-corrected chi connectivity index (χ3v) is 5.92. The third-order valence-electron chi connectivity index (χ3n) is 3.51. The van der Waals surface area contributed by atoms with Gasteiger partial charge in [-0.3, -0.25) is 4.99 Å². The summed E-state index contributed by atoms with van der Waals surface area (Å²) < 4.78 is 26.9. The number of benzene rings is 1. The van der Waals surface area contributed by atoms with Crippen molar-refractivity contribution in [3.8, 4) is 0 Å². The third kappa shape index (κ3) is 6.49. The normalized spacial score (nSPS) is 12.2. The molecule has 25 heavy (non-hydrogen) atoms. The molecule has 136 valence electrons. The van der Waals surface area contributed by atoms with Crippen LogP contribution in [0.1, 0.15) is 10.4 Å². The Morgan fingerprint density at radius 2 is 1.80 bits per heavy atom. The van der Waals surface area contributed by atoms with Crippen molar-refractivity contribution < 1.29 is 8.42 Å². The predicted molar refractivity (Wildman–Crippen MR) is 104 cm³/mol. The Hall–Kier alpha value is -1.90. The summed E-state index contributed by atoms with van der Waals surface area (Å²) in [5.41, 5.74) is 1.03. The summed E-state index contributed by atoms with van der Waals surface area (Å²) in [6, 6.07) is 10.9. The smallest absolute Gasteiger partial charge is 0.240 e. The highest BCUT2D eigenvalue weighted by Crippen LogP contribution is 2.09. The molecular formula is C17H24N4O2S2. The number of nitrogens with one attached hydrogen (secondary N) is 3. The first-order valence-corrected chi connectivity index (χ1v) is 10.4. The number of sulfonamides is 1. The van der Waals surface area contributed by atoms with Crippen LogP contribution < -0.4 is 15.4 Å². The monoisotopic (exact) mass is 380 g/mol. The minimum absolute atomic E-state index is 0.275. The van der Waals surface area contributed by atoms with Crippen molar-refractivity contribution in [3.63, 3.8) is 0 Å². The largest absolute Gasteiger partial charge is 0.356 e. The molecule has 0 unspecified atom stereocenters. The van der Waals surface area contributed by atoms with Crippen molar-refractivity contribution in [1.29, 1.82) is 0 Å². The number of aliphatic imine (C=N–C) groups is 1. The van der Waals surface area contributed by atoms with Crippen molar-refractivity contribution in [1.82, 2.24) is 15.4 Å². The molecule has 0 fully saturated rings. The standard InChI is InChI=1S/C17H24N4O2S2/c1-14-5-7-16(8-6-14)25(22,23)21-12-11-20-17(18-2)19-10-9-15-4-3-13-24-15/h3-8,13,21H,9-12H2,1-2H3,(H2,18,19,20). The van der Waals surface area contributed by atoms with Crippen molar-refractivity contribution in [2.24, 2.45) is 4.99 Å². The highest BCUT2D eigenvalue weighted by atomic mass is 32.2. The van der Waals surface area contributed by atoms with Crippen molar-refractivity contribution >= 4 is 27.3 Å². The van der Waals surface area contributed by atoms with E-state index in [1.165, 1.54) is 4.88 Å². The van der Waals surface area contributed by atoms with Crippen molar-refractivity contribution in [2.45, 2.75) is 18.2 Å². The van der Waals surface area contributed by atoms with Gasteiger partial charge in [-0.25, -0.2) is 13.1 Å². The molecule has 0 aliphatic rings. The first kappa shape index (κ1) is 19.4. The van der Waals surface area contributed by atoms with Crippen LogP contribution in [0.2, 0.25) is 0 Å². The Morgan fingerprint density at radius 1 is 1.08 bits per heavy atom. The minimum Gasteiger partial charge on any atom is -0.356 e. The number of hydrogen-bond acceptors (Lipinski definition) is 4. The molecule has 2 aromatic rings. The Labute approximate surface area is 153 Å². The van der Waals surface area contributed by atoms with E-state index in [9.17, 15) is 8.42 Å². The quantitative estimate of drug-likeness (QED) is 0.370. The van der Waals surface area contributed by atoms with E-state index >= 15 is 0 Å². The Bertz CT molecular complexity index is 769. The van der Waals surface area contributed by atoms with Gasteiger partial charge in [0.1, 0.15) is 0 Å². The molecule has 3 N–H and O–H groups in total. The maximum Gasteiger partial charge on any atom is 0.240 e. The maximum atomic E-state index is 12.2. The Morgan fingerprint density at radius 3 is 2.44 bits per heavy atom. The molecular weight excluding hydrogens is 356 g/mol. The SMILES string of the molecule is CN=C(NCCNS(=O)(=O)c1ccc(C)cc1)NCCc1cccs1. The topological polar surface area (TPSA) is 82.6 Å². The van der Waals surface area contributed by atoms with Crippen LogP contribution in [-0.2, 0) is 16.4 Å². The average molecular weight is 381 g/mol. The molecule has 0 saturated heterocycles. The lowest BCUT2D eigenvalue weighted by Gasteiger charge is -2.12. The summed E-state index contributed by atoms with van der Waals surface area (Å²) in [5, 5.41) is 8.37. The van der Waals surface area contributed by atoms with E-state index in [1.807, 2.05) is 13.0 Å². The van der Waals surface area contributed by atoms with Crippen molar-refractivity contribution in [3.05, 3.63) is 52.2 Å². The zero-order valence-electron chi connectivity index (χ0n) is 14.5. The molecule has 0 aliphatic heterocycles. The first-order chi connectivity index (χ1) is 12.0. The molecule has 0 saturated carbocycles. The molecule has 0 bridgehead atoms. The summed E-state index contributed by atoms with van der Waals surface area (Å²) in [5.74, 6) is 0.658. The van der Waals surface area contributed by atoms with Crippen LogP contribution in [0.5, 0.6) is 0 Å². The molecule has 2 rings (SSSR count). The van der Waals surface area contributed by atoms with E-state index in [-0.39, 0.29) is 11.4 Å². The Kier molecular flexibility index (Phi) is 7.42. The lowest BCUT2D eigenvalue weighted by molar-refractivity contribution is 0.580. The average Bonchev–Trinajstić information content (AvgIpc) is 3.11. The van der Waals surface area contributed by atoms with E-state index in [0.717, 1.165) is 18.5 Å². The molecule has 0 spiro atoms. The van der Waals surface area contributed by atoms with Gasteiger partial charge in [-0.15, -0.1) is 11.3 Å². The molecule has 1 aromatic heterocycles. The maximum absolute atomic E-state index is 12.2. The van der Waals surface area contributed by atoms with Crippen LogP contribution >= 0.6 is 11.3 Å². The van der Waals surface area contributed by atoms with Gasteiger partial charge in [0, 0.05) is 31.6 Å². The van der Waals surface area contributed by atoms with Gasteiger partial charge in [0.15, 0.2) is 5.96 Å². The van der Waals surface area contributed by atoms with E-state index in [2.05, 4.69) is 31.8 Å². The van der Waals surface area contributed by atoms with Crippen LogP contribution in [0.25, 0.3) is 0 Å². The van der Waals surface area contributed by atoms with Gasteiger partial charge in [-0.2, -0.15) is 0 Å². The highest BCUT2D eigenvalue weighted by molar-refractivity contribution is 7.89. The summed E-state index contributed by atoms with van der Waals surface area (Å²) >= 11 is 1.73. The molecule has 6 nitrogen and oxygen atoms in total. The molecule has 0 amide bonds. The number of rotatable bonds is 8. The fourth-order valence-electron chi connectivity index (χ4n) is 2.15. The van der Waals surface area contributed by atoms with Crippen LogP contribution in [0.3, 0.4) is 0 Å². The number of hydrogen-bond donors (Lipinski definition) is 3. The first-order valence-electron chi connectivity index (χ1n) is 8.04. The zero-order chi connectivity index (χ0) is 18.1. The van der Waals surface area contributed by atoms with Crippen LogP contribution in [0, 0.1) is 6.92 Å². The highest BCUT2D eigenvalue weighted by Gasteiger charge is 2.12. The second-order valence-corrected chi connectivity index (χ2v) is 8.27. The number of thiophene rings is 1. The van der Waals surface area contributed by atoms with E-state index in [0.29, 0.717) is 12.5 Å². The molecule has 0 aliphatic carbocycles. The fourth-order valence-corrected chi connectivity index (χ4v) is 3.89. The summed E-state index contributed by atoms with van der Waals surface area (Å²) in [4.78, 5) is 5.72. The van der Waals surface area contributed by atoms with Crippen LogP contribution in [0.4, 0.5) is 0 Å². The van der Waals surface area contributed by atoms with Crippen LogP contribution in [-0.4, -0.2) is 41.1 Å². The van der Waals surface area contributed by atoms with Gasteiger partial charge >= 0.3 is 0 Å². The van der Waals surface area contributed by atoms with E-state index < -0.39 is 10.0 Å². The fraction of sp³-hybridized carbons (Fsp3) is 0.353. The number of guanidine groups is 1. The lowest BCUT2D eigenvalue weighted by Crippen LogP contribution is -2.42. The molecule has 0 atom stereocenters. The second kappa shape index (κ2) is 9.55. The van der Waals surface area contributed by atoms with E-state index in [4.69, 9.17) is 0 Å². The molecule has 8 heteroatoms. The van der Waals surface area contributed by atoms with Gasteiger partial charge in [0.25, 0.3) is 0 Å². The molecule has 0 radical (unpaired) electrons. The van der Waals surface area contributed by atoms with Gasteiger partial charge in [0.05, 0.1) is 4.90 Å². The molecule has 1 aromatic carbocycles. The van der Waals surface area contributed by atoms with Gasteiger partial charge in [-0.1, -0.05) is 23.8 Å². The number of nitrogens with zero attached hydrogens (tertiary/aromatic N) is 1. The van der Waals surface area contributed by atoms with E-state index in [1.54, 1.807) is 42.6 Å². The lowest BCUT2D eigenvalue weighted by atomic mass is 10.2. The minimum atomic E-state index is -3.48. The van der Waals surface area contributed by atoms with Gasteiger partial charge in [0.2, 0.25) is 10.0 Å². The summed E-state index contributed by atoms with van der Waals surface area (Å²) in [6.07, 6.45) is 0.929. The number of aryl methyl sites for hydroxylation is 1. The van der Waals surface area contributed by atoms with Crippen molar-refractivity contribution in [2.75, 3.05) is 26.7 Å². The Balaban J connectivity index is 1.70. The summed E-state index contributed by atoms with van der Waals surface area (Å²) in [7, 11) is -1.79. The molecule has 1 heterocycles. The zero-order valence-corrected chi connectivity index (χ0v) is 16.1. The van der Waals surface area contributed by atoms with Gasteiger partial charge < -0.3 is 10.6 Å². The van der Waals surface area contributed by atoms with Crippen LogP contribution in [0.15, 0.2) is 51.7 Å². The summed E-state index contributed by atoms with van der Waals surface area (Å²) in [6.45, 7) is 3.42.